The number of benzene rings is 2. The van der Waals surface area contributed by atoms with Gasteiger partial charge in [0, 0.05) is 23.7 Å². The Morgan fingerprint density at radius 1 is 1.22 bits per heavy atom. The highest BCUT2D eigenvalue weighted by atomic mass is 35.5. The molecule has 5 nitrogen and oxygen atoms in total. The largest absolute Gasteiger partial charge is 0.481 e. The highest BCUT2D eigenvalue weighted by molar-refractivity contribution is 6.32. The number of imidazole rings is 1. The van der Waals surface area contributed by atoms with Crippen molar-refractivity contribution in [3.8, 4) is 5.69 Å². The second-order valence-electron chi connectivity index (χ2n) is 7.11. The molecule has 0 aliphatic carbocycles. The van der Waals surface area contributed by atoms with Gasteiger partial charge in [-0.3, -0.25) is 9.36 Å². The standard InChI is InChI=1S/C21H23ClN2O3/c1-4-19-23-17-11-15(21(2,3)20(26)27)16(22)12-18(17)24(19)14-7-5-13(6-8-14)9-10-25/h5-8,11-12,25H,4,9-10H2,1-3H3,(H,26,27). The van der Waals surface area contributed by atoms with Crippen LogP contribution in [0.15, 0.2) is 36.4 Å². The number of aliphatic carboxylic acids is 1. The summed E-state index contributed by atoms with van der Waals surface area (Å²) in [5.74, 6) is -0.0559. The van der Waals surface area contributed by atoms with Crippen molar-refractivity contribution in [2.24, 2.45) is 0 Å². The Labute approximate surface area is 163 Å². The Hall–Kier alpha value is -2.37. The van der Waals surface area contributed by atoms with Gasteiger partial charge in [0.1, 0.15) is 5.82 Å². The smallest absolute Gasteiger partial charge is 0.313 e. The number of carboxylic acids is 1. The van der Waals surface area contributed by atoms with E-state index in [0.717, 1.165) is 34.5 Å². The number of aliphatic hydroxyl groups is 1. The van der Waals surface area contributed by atoms with Crippen LogP contribution in [0.2, 0.25) is 5.02 Å². The predicted octanol–water partition coefficient (Wildman–Crippen LogP) is 4.14. The molecule has 0 saturated heterocycles. The average Bonchev–Trinajstić information content (AvgIpc) is 2.99. The van der Waals surface area contributed by atoms with Crippen LogP contribution >= 0.6 is 11.6 Å². The zero-order valence-electron chi connectivity index (χ0n) is 15.7. The van der Waals surface area contributed by atoms with Crippen molar-refractivity contribution in [2.45, 2.75) is 39.0 Å². The number of rotatable bonds is 6. The van der Waals surface area contributed by atoms with E-state index in [2.05, 4.69) is 0 Å². The molecule has 0 saturated carbocycles. The third kappa shape index (κ3) is 3.45. The SMILES string of the molecule is CCc1nc2cc(C(C)(C)C(=O)O)c(Cl)cc2n1-c1ccc(CCO)cc1. The fraction of sp³-hybridized carbons (Fsp3) is 0.333. The first-order valence-corrected chi connectivity index (χ1v) is 9.32. The minimum Gasteiger partial charge on any atom is -0.481 e. The van der Waals surface area contributed by atoms with Crippen LogP contribution in [0.5, 0.6) is 0 Å². The van der Waals surface area contributed by atoms with Gasteiger partial charge in [-0.25, -0.2) is 4.98 Å². The van der Waals surface area contributed by atoms with Crippen LogP contribution in [0.4, 0.5) is 0 Å². The fourth-order valence-corrected chi connectivity index (χ4v) is 3.60. The Balaban J connectivity index is 2.19. The predicted molar refractivity (Wildman–Crippen MR) is 107 cm³/mol. The molecule has 0 unspecified atom stereocenters. The number of aliphatic hydroxyl groups excluding tert-OH is 1. The summed E-state index contributed by atoms with van der Waals surface area (Å²) >= 11 is 6.48. The van der Waals surface area contributed by atoms with Gasteiger partial charge in [-0.1, -0.05) is 30.7 Å². The van der Waals surface area contributed by atoms with Crippen LogP contribution in [-0.2, 0) is 23.1 Å². The molecule has 1 aromatic heterocycles. The number of nitrogens with zero attached hydrogens (tertiary/aromatic N) is 2. The Morgan fingerprint density at radius 2 is 1.89 bits per heavy atom. The van der Waals surface area contributed by atoms with Crippen LogP contribution in [0, 0.1) is 0 Å². The highest BCUT2D eigenvalue weighted by Gasteiger charge is 2.32. The summed E-state index contributed by atoms with van der Waals surface area (Å²) < 4.78 is 2.04. The van der Waals surface area contributed by atoms with Crippen LogP contribution in [-0.4, -0.2) is 32.3 Å². The van der Waals surface area contributed by atoms with E-state index in [1.165, 1.54) is 0 Å². The lowest BCUT2D eigenvalue weighted by atomic mass is 9.84. The maximum atomic E-state index is 11.6. The van der Waals surface area contributed by atoms with Gasteiger partial charge in [0.25, 0.3) is 0 Å². The molecular formula is C21H23ClN2O3. The molecule has 0 spiro atoms. The van der Waals surface area contributed by atoms with E-state index in [9.17, 15) is 9.90 Å². The van der Waals surface area contributed by atoms with Crippen LogP contribution in [0.3, 0.4) is 0 Å². The topological polar surface area (TPSA) is 75.3 Å². The summed E-state index contributed by atoms with van der Waals surface area (Å²) in [4.78, 5) is 16.4. The molecule has 3 aromatic rings. The van der Waals surface area contributed by atoms with E-state index in [4.69, 9.17) is 21.7 Å². The molecule has 0 aliphatic rings. The van der Waals surface area contributed by atoms with Gasteiger partial charge in [-0.2, -0.15) is 0 Å². The quantitative estimate of drug-likeness (QED) is 0.667. The molecule has 6 heteroatoms. The van der Waals surface area contributed by atoms with Crippen molar-refractivity contribution < 1.29 is 15.0 Å². The van der Waals surface area contributed by atoms with E-state index in [0.29, 0.717) is 17.0 Å². The first kappa shape index (κ1) is 19.4. The summed E-state index contributed by atoms with van der Waals surface area (Å²) in [7, 11) is 0. The van der Waals surface area contributed by atoms with Crippen molar-refractivity contribution in [1.82, 2.24) is 9.55 Å². The second-order valence-corrected chi connectivity index (χ2v) is 7.52. The molecular weight excluding hydrogens is 364 g/mol. The number of carboxylic acid groups (broad SMARTS) is 1. The number of aryl methyl sites for hydroxylation is 1. The van der Waals surface area contributed by atoms with Gasteiger partial charge in [0.15, 0.2) is 0 Å². The molecule has 3 rings (SSSR count). The lowest BCUT2D eigenvalue weighted by molar-refractivity contribution is -0.142. The first-order chi connectivity index (χ1) is 12.8. The highest BCUT2D eigenvalue weighted by Crippen LogP contribution is 2.35. The molecule has 2 aromatic carbocycles. The summed E-state index contributed by atoms with van der Waals surface area (Å²) in [5.41, 5.74) is 3.03. The van der Waals surface area contributed by atoms with Gasteiger partial charge < -0.3 is 10.2 Å². The average molecular weight is 387 g/mol. The Morgan fingerprint density at radius 3 is 2.44 bits per heavy atom. The van der Waals surface area contributed by atoms with Crippen molar-refractivity contribution in [2.75, 3.05) is 6.61 Å². The molecule has 0 atom stereocenters. The van der Waals surface area contributed by atoms with E-state index in [1.54, 1.807) is 26.0 Å². The molecule has 0 fully saturated rings. The maximum Gasteiger partial charge on any atom is 0.313 e. The Kier molecular flexibility index (Phi) is 5.27. The van der Waals surface area contributed by atoms with Crippen molar-refractivity contribution in [3.63, 3.8) is 0 Å². The van der Waals surface area contributed by atoms with Gasteiger partial charge in [0.2, 0.25) is 0 Å². The number of halogens is 1. The van der Waals surface area contributed by atoms with Crippen molar-refractivity contribution >= 4 is 28.6 Å². The van der Waals surface area contributed by atoms with Gasteiger partial charge in [-0.15, -0.1) is 0 Å². The van der Waals surface area contributed by atoms with Crippen molar-refractivity contribution in [1.29, 1.82) is 0 Å². The third-order valence-electron chi connectivity index (χ3n) is 4.93. The van der Waals surface area contributed by atoms with Gasteiger partial charge in [0.05, 0.1) is 16.4 Å². The number of aromatic nitrogens is 2. The number of fused-ring (bicyclic) bond motifs is 1. The lowest BCUT2D eigenvalue weighted by Crippen LogP contribution is -2.28. The van der Waals surface area contributed by atoms with Crippen LogP contribution in [0.1, 0.15) is 37.7 Å². The minimum absolute atomic E-state index is 0.116. The van der Waals surface area contributed by atoms with E-state index >= 15 is 0 Å². The van der Waals surface area contributed by atoms with Gasteiger partial charge >= 0.3 is 5.97 Å². The number of carbonyl (C=O) groups is 1. The summed E-state index contributed by atoms with van der Waals surface area (Å²) in [6.45, 7) is 5.42. The van der Waals surface area contributed by atoms with Crippen LogP contribution < -0.4 is 0 Å². The summed E-state index contributed by atoms with van der Waals surface area (Å²) in [6.07, 6.45) is 1.34. The van der Waals surface area contributed by atoms with E-state index in [1.807, 2.05) is 35.8 Å². The molecule has 0 bridgehead atoms. The molecule has 1 heterocycles. The maximum absolute atomic E-state index is 11.6. The zero-order chi connectivity index (χ0) is 19.8. The second kappa shape index (κ2) is 7.33. The number of hydrogen-bond donors (Lipinski definition) is 2. The van der Waals surface area contributed by atoms with Gasteiger partial charge in [-0.05, 0) is 55.7 Å². The van der Waals surface area contributed by atoms with Crippen molar-refractivity contribution in [3.05, 3.63) is 58.4 Å². The monoisotopic (exact) mass is 386 g/mol. The van der Waals surface area contributed by atoms with Crippen LogP contribution in [0.25, 0.3) is 16.7 Å². The number of hydrogen-bond acceptors (Lipinski definition) is 3. The summed E-state index contributed by atoms with van der Waals surface area (Å²) in [5, 5.41) is 19.0. The minimum atomic E-state index is -1.10. The molecule has 27 heavy (non-hydrogen) atoms. The van der Waals surface area contributed by atoms with E-state index < -0.39 is 11.4 Å². The van der Waals surface area contributed by atoms with E-state index in [-0.39, 0.29) is 6.61 Å². The Bertz CT molecular complexity index is 991. The molecule has 2 N–H and O–H groups in total. The molecule has 142 valence electrons. The normalized spacial score (nSPS) is 11.9. The molecule has 0 radical (unpaired) electrons. The fourth-order valence-electron chi connectivity index (χ4n) is 3.21. The molecule has 0 aliphatic heterocycles. The zero-order valence-corrected chi connectivity index (χ0v) is 16.4. The molecule has 0 amide bonds. The summed E-state index contributed by atoms with van der Waals surface area (Å²) in [6, 6.07) is 11.5. The third-order valence-corrected chi connectivity index (χ3v) is 5.24. The first-order valence-electron chi connectivity index (χ1n) is 8.94. The lowest BCUT2D eigenvalue weighted by Gasteiger charge is -2.21.